The summed E-state index contributed by atoms with van der Waals surface area (Å²) in [6, 6.07) is 1.26. The van der Waals surface area contributed by atoms with Crippen LogP contribution in [0, 0.1) is 0 Å². The highest BCUT2D eigenvalue weighted by atomic mass is 32.2. The van der Waals surface area contributed by atoms with E-state index in [1.165, 1.54) is 19.2 Å². The largest absolute Gasteiger partial charge is 0.466 e. The third-order valence-corrected chi connectivity index (χ3v) is 5.62. The smallest absolute Gasteiger partial charge is 0.349 e. The summed E-state index contributed by atoms with van der Waals surface area (Å²) in [6.07, 6.45) is 2.39. The van der Waals surface area contributed by atoms with Gasteiger partial charge in [0.25, 0.3) is 0 Å². The molecule has 0 bridgehead atoms. The van der Waals surface area contributed by atoms with Gasteiger partial charge in [0.05, 0.1) is 18.1 Å². The van der Waals surface area contributed by atoms with Crippen LogP contribution in [-0.4, -0.2) is 36.7 Å². The molecule has 0 aromatic carbocycles. The molecule has 0 spiro atoms. The number of hydrogen-bond acceptors (Lipinski definition) is 6. The first-order valence-electron chi connectivity index (χ1n) is 6.64. The molecule has 1 aliphatic carbocycles. The minimum absolute atomic E-state index is 0.00113. The Kier molecular flexibility index (Phi) is 4.27. The van der Waals surface area contributed by atoms with E-state index >= 15 is 0 Å². The molecule has 0 amide bonds. The highest BCUT2D eigenvalue weighted by molar-refractivity contribution is 7.91. The number of ether oxygens (including phenoxy) is 1. The van der Waals surface area contributed by atoms with Gasteiger partial charge < -0.3 is 4.74 Å². The Morgan fingerprint density at radius 1 is 1.52 bits per heavy atom. The van der Waals surface area contributed by atoms with Gasteiger partial charge in [-0.15, -0.1) is 0 Å². The van der Waals surface area contributed by atoms with Crippen LogP contribution in [0.3, 0.4) is 0 Å². The lowest BCUT2D eigenvalue weighted by Gasteiger charge is -2.20. The van der Waals surface area contributed by atoms with Crippen molar-refractivity contribution < 1.29 is 22.3 Å². The Morgan fingerprint density at radius 2 is 2.19 bits per heavy atom. The van der Waals surface area contributed by atoms with Crippen LogP contribution < -0.4 is 0 Å². The Balaban J connectivity index is 2.30. The predicted octanol–water partition coefficient (Wildman–Crippen LogP) is 1.30. The topological polar surface area (TPSA) is 86.2 Å². The molecule has 1 saturated carbocycles. The molecule has 1 fully saturated rings. The maximum atomic E-state index is 14.7. The number of esters is 1. The molecular formula is C13H17FN2O4S. The lowest BCUT2D eigenvalue weighted by Crippen LogP contribution is -2.33. The fourth-order valence-electron chi connectivity index (χ4n) is 2.01. The van der Waals surface area contributed by atoms with Crippen LogP contribution >= 0.6 is 0 Å². The molecule has 8 heteroatoms. The number of aromatic nitrogens is 2. The first-order valence-corrected chi connectivity index (χ1v) is 8.36. The van der Waals surface area contributed by atoms with Gasteiger partial charge >= 0.3 is 5.97 Å². The summed E-state index contributed by atoms with van der Waals surface area (Å²) in [5.74, 6) is -1.40. The van der Waals surface area contributed by atoms with E-state index in [1.54, 1.807) is 0 Å². The lowest BCUT2D eigenvalue weighted by molar-refractivity contribution is -0.156. The van der Waals surface area contributed by atoms with Crippen LogP contribution in [0.2, 0.25) is 0 Å². The number of alkyl halides is 1. The average molecular weight is 316 g/mol. The zero-order chi connectivity index (χ0) is 15.7. The number of hydrogen-bond donors (Lipinski definition) is 0. The van der Waals surface area contributed by atoms with Gasteiger partial charge in [-0.2, -0.15) is 0 Å². The van der Waals surface area contributed by atoms with Gasteiger partial charge in [-0.3, -0.25) is 0 Å². The average Bonchev–Trinajstić information content (AvgIpc) is 3.30. The zero-order valence-electron chi connectivity index (χ0n) is 11.9. The summed E-state index contributed by atoms with van der Waals surface area (Å²) >= 11 is 0. The van der Waals surface area contributed by atoms with Crippen LogP contribution in [0.1, 0.15) is 37.7 Å². The molecule has 0 radical (unpaired) electrons. The summed E-state index contributed by atoms with van der Waals surface area (Å²) in [6.45, 7) is 1.49. The number of carbonyl (C=O) groups excluding carboxylic acids is 1. The molecule has 21 heavy (non-hydrogen) atoms. The standard InChI is InChI=1S/C13H17FN2O4S/c1-3-13(14,12(17)20-2)10-6-7-15-11(16-10)8-21(18,19)9-4-5-9/h6-7,9H,3-5,8H2,1-2H3. The van der Waals surface area contributed by atoms with Crippen molar-refractivity contribution in [3.05, 3.63) is 23.8 Å². The van der Waals surface area contributed by atoms with Crippen molar-refractivity contribution in [3.63, 3.8) is 0 Å². The molecule has 1 atom stereocenters. The second-order valence-electron chi connectivity index (χ2n) is 5.01. The summed E-state index contributed by atoms with van der Waals surface area (Å²) in [5, 5.41) is -0.341. The van der Waals surface area contributed by atoms with Crippen LogP contribution in [0.25, 0.3) is 0 Å². The van der Waals surface area contributed by atoms with E-state index in [0.29, 0.717) is 12.8 Å². The third-order valence-electron chi connectivity index (χ3n) is 3.47. The molecule has 1 aromatic rings. The van der Waals surface area contributed by atoms with Gasteiger partial charge in [0.2, 0.25) is 5.67 Å². The molecule has 116 valence electrons. The summed E-state index contributed by atoms with van der Waals surface area (Å²) in [4.78, 5) is 19.4. The Labute approximate surface area is 122 Å². The van der Waals surface area contributed by atoms with Crippen LogP contribution in [0.5, 0.6) is 0 Å². The zero-order valence-corrected chi connectivity index (χ0v) is 12.7. The highest BCUT2D eigenvalue weighted by Gasteiger charge is 2.42. The van der Waals surface area contributed by atoms with Crippen LogP contribution in [-0.2, 0) is 30.8 Å². The van der Waals surface area contributed by atoms with Crippen LogP contribution in [0.4, 0.5) is 4.39 Å². The second-order valence-corrected chi connectivity index (χ2v) is 7.29. The fraction of sp³-hybridized carbons (Fsp3) is 0.615. The van der Waals surface area contributed by atoms with Crippen molar-refractivity contribution >= 4 is 15.8 Å². The Hall–Kier alpha value is -1.57. The van der Waals surface area contributed by atoms with Gasteiger partial charge in [0.1, 0.15) is 11.6 Å². The van der Waals surface area contributed by atoms with Gasteiger partial charge in [-0.25, -0.2) is 27.6 Å². The molecule has 1 heterocycles. The quantitative estimate of drug-likeness (QED) is 0.735. The minimum Gasteiger partial charge on any atom is -0.466 e. The maximum Gasteiger partial charge on any atom is 0.349 e. The molecule has 0 N–H and O–H groups in total. The molecule has 1 aromatic heterocycles. The molecule has 0 aliphatic heterocycles. The monoisotopic (exact) mass is 316 g/mol. The first kappa shape index (κ1) is 15.8. The highest BCUT2D eigenvalue weighted by Crippen LogP contribution is 2.32. The van der Waals surface area contributed by atoms with E-state index < -0.39 is 21.5 Å². The molecule has 2 rings (SSSR count). The number of carbonyl (C=O) groups is 1. The Morgan fingerprint density at radius 3 is 2.71 bits per heavy atom. The maximum absolute atomic E-state index is 14.7. The molecule has 1 unspecified atom stereocenters. The first-order chi connectivity index (χ1) is 9.83. The van der Waals surface area contributed by atoms with Crippen molar-refractivity contribution in [2.45, 2.75) is 42.9 Å². The van der Waals surface area contributed by atoms with Crippen molar-refractivity contribution in [2.24, 2.45) is 0 Å². The van der Waals surface area contributed by atoms with E-state index in [2.05, 4.69) is 14.7 Å². The molecule has 0 saturated heterocycles. The minimum atomic E-state index is -3.30. The van der Waals surface area contributed by atoms with E-state index in [1.807, 2.05) is 0 Å². The van der Waals surface area contributed by atoms with Crippen molar-refractivity contribution in [3.8, 4) is 0 Å². The fourth-order valence-corrected chi connectivity index (χ4v) is 3.60. The number of sulfone groups is 1. The summed E-state index contributed by atoms with van der Waals surface area (Å²) in [7, 11) is -2.21. The van der Waals surface area contributed by atoms with Gasteiger partial charge in [-0.1, -0.05) is 6.92 Å². The molecule has 1 aliphatic rings. The number of rotatable bonds is 6. The van der Waals surface area contributed by atoms with E-state index in [4.69, 9.17) is 0 Å². The Bertz CT molecular complexity index is 645. The second kappa shape index (κ2) is 5.67. The number of halogens is 1. The number of nitrogens with zero attached hydrogens (tertiary/aromatic N) is 2. The number of methoxy groups -OCH3 is 1. The van der Waals surface area contributed by atoms with Gasteiger partial charge in [0.15, 0.2) is 9.84 Å². The third kappa shape index (κ3) is 3.20. The van der Waals surface area contributed by atoms with E-state index in [0.717, 1.165) is 7.11 Å². The summed E-state index contributed by atoms with van der Waals surface area (Å²) < 4.78 is 43.0. The normalized spacial score (nSPS) is 18.0. The summed E-state index contributed by atoms with van der Waals surface area (Å²) in [5.41, 5.74) is -2.57. The molecular weight excluding hydrogens is 299 g/mol. The van der Waals surface area contributed by atoms with Crippen molar-refractivity contribution in [1.29, 1.82) is 0 Å². The van der Waals surface area contributed by atoms with Gasteiger partial charge in [0, 0.05) is 6.20 Å². The SMILES string of the molecule is CCC(F)(C(=O)OC)c1ccnc(CS(=O)(=O)C2CC2)n1. The van der Waals surface area contributed by atoms with Gasteiger partial charge in [-0.05, 0) is 25.3 Å². The lowest BCUT2D eigenvalue weighted by atomic mass is 9.98. The van der Waals surface area contributed by atoms with E-state index in [-0.39, 0.29) is 28.9 Å². The molecule has 6 nitrogen and oxygen atoms in total. The van der Waals surface area contributed by atoms with E-state index in [9.17, 15) is 17.6 Å². The van der Waals surface area contributed by atoms with Crippen molar-refractivity contribution in [1.82, 2.24) is 9.97 Å². The van der Waals surface area contributed by atoms with Crippen LogP contribution in [0.15, 0.2) is 12.3 Å². The predicted molar refractivity (Wildman–Crippen MR) is 72.8 cm³/mol. The van der Waals surface area contributed by atoms with Crippen molar-refractivity contribution in [2.75, 3.05) is 7.11 Å².